The summed E-state index contributed by atoms with van der Waals surface area (Å²) < 4.78 is 12.8. The molecular formula is C15H19FN2O2. The minimum Gasteiger partial charge on any atom is -0.351 e. The van der Waals surface area contributed by atoms with E-state index >= 15 is 0 Å². The van der Waals surface area contributed by atoms with Gasteiger partial charge < -0.3 is 10.2 Å². The van der Waals surface area contributed by atoms with Gasteiger partial charge in [0, 0.05) is 19.0 Å². The van der Waals surface area contributed by atoms with E-state index in [4.69, 9.17) is 0 Å². The number of nitrogens with zero attached hydrogens (tertiary/aromatic N) is 1. The van der Waals surface area contributed by atoms with E-state index in [-0.39, 0.29) is 36.1 Å². The number of halogens is 1. The highest BCUT2D eigenvalue weighted by atomic mass is 19.1. The molecule has 0 radical (unpaired) electrons. The Morgan fingerprint density at radius 3 is 2.60 bits per heavy atom. The van der Waals surface area contributed by atoms with E-state index in [0.29, 0.717) is 13.0 Å². The molecule has 108 valence electrons. The number of rotatable bonds is 4. The van der Waals surface area contributed by atoms with Gasteiger partial charge in [-0.15, -0.1) is 0 Å². The van der Waals surface area contributed by atoms with Gasteiger partial charge in [0.05, 0.1) is 12.5 Å². The second-order valence-electron chi connectivity index (χ2n) is 5.41. The molecule has 0 bridgehead atoms. The van der Waals surface area contributed by atoms with E-state index in [0.717, 1.165) is 5.56 Å². The van der Waals surface area contributed by atoms with Crippen molar-refractivity contribution in [2.45, 2.75) is 38.8 Å². The van der Waals surface area contributed by atoms with Crippen LogP contribution in [0.15, 0.2) is 24.3 Å². The van der Waals surface area contributed by atoms with Crippen molar-refractivity contribution in [2.75, 3.05) is 6.54 Å². The maximum atomic E-state index is 12.8. The molecule has 1 N–H and O–H groups in total. The first-order valence-corrected chi connectivity index (χ1v) is 6.79. The van der Waals surface area contributed by atoms with Crippen molar-refractivity contribution < 1.29 is 14.0 Å². The van der Waals surface area contributed by atoms with Crippen LogP contribution in [0, 0.1) is 5.82 Å². The topological polar surface area (TPSA) is 49.4 Å². The predicted molar refractivity (Wildman–Crippen MR) is 73.5 cm³/mol. The number of hydrogen-bond acceptors (Lipinski definition) is 2. The summed E-state index contributed by atoms with van der Waals surface area (Å²) in [6.07, 6.45) is 0.556. The third-order valence-corrected chi connectivity index (χ3v) is 3.42. The number of benzene rings is 1. The minimum absolute atomic E-state index is 0.0760. The summed E-state index contributed by atoms with van der Waals surface area (Å²) in [5.41, 5.74) is 0.758. The van der Waals surface area contributed by atoms with Crippen molar-refractivity contribution in [3.63, 3.8) is 0 Å². The van der Waals surface area contributed by atoms with Crippen LogP contribution < -0.4 is 5.32 Å². The third kappa shape index (κ3) is 3.56. The Labute approximate surface area is 118 Å². The van der Waals surface area contributed by atoms with Crippen molar-refractivity contribution in [1.29, 1.82) is 0 Å². The molecule has 1 heterocycles. The lowest BCUT2D eigenvalue weighted by molar-refractivity contribution is -0.129. The molecule has 2 rings (SSSR count). The summed E-state index contributed by atoms with van der Waals surface area (Å²) in [4.78, 5) is 25.4. The van der Waals surface area contributed by atoms with Crippen molar-refractivity contribution >= 4 is 11.8 Å². The van der Waals surface area contributed by atoms with Gasteiger partial charge in [-0.1, -0.05) is 12.1 Å². The highest BCUT2D eigenvalue weighted by Gasteiger charge is 2.31. The number of carbonyl (C=O) groups is 2. The molecule has 0 spiro atoms. The molecule has 0 aliphatic carbocycles. The monoisotopic (exact) mass is 278 g/mol. The molecule has 20 heavy (non-hydrogen) atoms. The van der Waals surface area contributed by atoms with Crippen LogP contribution >= 0.6 is 0 Å². The lowest BCUT2D eigenvalue weighted by atomic mass is 10.1. The van der Waals surface area contributed by atoms with Gasteiger partial charge in [0.25, 0.3) is 0 Å². The Balaban J connectivity index is 1.86. The summed E-state index contributed by atoms with van der Waals surface area (Å²) in [7, 11) is 0. The molecule has 0 aromatic heterocycles. The maximum absolute atomic E-state index is 12.8. The third-order valence-electron chi connectivity index (χ3n) is 3.42. The van der Waals surface area contributed by atoms with Crippen LogP contribution in [0.3, 0.4) is 0 Å². The summed E-state index contributed by atoms with van der Waals surface area (Å²) in [5, 5.41) is 2.86. The normalized spacial score (nSPS) is 18.7. The number of amides is 2. The molecule has 1 aromatic carbocycles. The Morgan fingerprint density at radius 1 is 1.40 bits per heavy atom. The molecule has 1 atom stereocenters. The molecule has 1 fully saturated rings. The van der Waals surface area contributed by atoms with Crippen LogP contribution in [0.2, 0.25) is 0 Å². The van der Waals surface area contributed by atoms with Gasteiger partial charge >= 0.3 is 0 Å². The predicted octanol–water partition coefficient (Wildman–Crippen LogP) is 1.49. The van der Waals surface area contributed by atoms with Crippen molar-refractivity contribution in [1.82, 2.24) is 10.2 Å². The lowest BCUT2D eigenvalue weighted by Gasteiger charge is -2.21. The first kappa shape index (κ1) is 14.5. The molecule has 1 aromatic rings. The number of hydrogen-bond donors (Lipinski definition) is 1. The highest BCUT2D eigenvalue weighted by molar-refractivity contribution is 5.83. The Kier molecular flexibility index (Phi) is 4.37. The van der Waals surface area contributed by atoms with E-state index < -0.39 is 0 Å². The van der Waals surface area contributed by atoms with E-state index in [2.05, 4.69) is 5.32 Å². The first-order chi connectivity index (χ1) is 9.45. The molecule has 2 amide bonds. The average molecular weight is 278 g/mol. The van der Waals surface area contributed by atoms with Crippen LogP contribution in [0.25, 0.3) is 0 Å². The number of nitrogens with one attached hydrogen (secondary N) is 1. The van der Waals surface area contributed by atoms with Crippen molar-refractivity contribution in [3.8, 4) is 0 Å². The van der Waals surface area contributed by atoms with Crippen LogP contribution in [-0.2, 0) is 16.0 Å². The number of carbonyl (C=O) groups excluding carboxylic acids is 2. The van der Waals surface area contributed by atoms with E-state index in [1.807, 2.05) is 13.8 Å². The van der Waals surface area contributed by atoms with Gasteiger partial charge in [0.2, 0.25) is 11.8 Å². The SMILES string of the molecule is CC(C)N1CC(NC(=O)Cc2ccc(F)cc2)CC1=O. The second kappa shape index (κ2) is 6.03. The summed E-state index contributed by atoms with van der Waals surface area (Å²) in [6, 6.07) is 5.88. The van der Waals surface area contributed by atoms with Gasteiger partial charge in [-0.2, -0.15) is 0 Å². The van der Waals surface area contributed by atoms with E-state index in [1.165, 1.54) is 12.1 Å². The van der Waals surface area contributed by atoms with Crippen LogP contribution in [-0.4, -0.2) is 35.3 Å². The van der Waals surface area contributed by atoms with Gasteiger partial charge in [0.15, 0.2) is 0 Å². The van der Waals surface area contributed by atoms with Crippen molar-refractivity contribution in [2.24, 2.45) is 0 Å². The Morgan fingerprint density at radius 2 is 2.05 bits per heavy atom. The second-order valence-corrected chi connectivity index (χ2v) is 5.41. The Hall–Kier alpha value is -1.91. The lowest BCUT2D eigenvalue weighted by Crippen LogP contribution is -2.39. The fourth-order valence-electron chi connectivity index (χ4n) is 2.39. The molecule has 1 aliphatic heterocycles. The van der Waals surface area contributed by atoms with Gasteiger partial charge in [-0.05, 0) is 31.5 Å². The molecule has 5 heteroatoms. The smallest absolute Gasteiger partial charge is 0.225 e. The molecule has 0 saturated carbocycles. The summed E-state index contributed by atoms with van der Waals surface area (Å²) in [6.45, 7) is 4.48. The minimum atomic E-state index is -0.317. The maximum Gasteiger partial charge on any atom is 0.225 e. The van der Waals surface area contributed by atoms with E-state index in [1.54, 1.807) is 17.0 Å². The molecular weight excluding hydrogens is 259 g/mol. The summed E-state index contributed by atoms with van der Waals surface area (Å²) >= 11 is 0. The standard InChI is InChI=1S/C15H19FN2O2/c1-10(2)18-9-13(8-15(18)20)17-14(19)7-11-3-5-12(16)6-4-11/h3-6,10,13H,7-9H2,1-2H3,(H,17,19). The fourth-order valence-corrected chi connectivity index (χ4v) is 2.39. The van der Waals surface area contributed by atoms with E-state index in [9.17, 15) is 14.0 Å². The van der Waals surface area contributed by atoms with Gasteiger partial charge in [0.1, 0.15) is 5.82 Å². The largest absolute Gasteiger partial charge is 0.351 e. The zero-order valence-electron chi connectivity index (χ0n) is 11.7. The van der Waals surface area contributed by atoms with Crippen LogP contribution in [0.5, 0.6) is 0 Å². The van der Waals surface area contributed by atoms with Crippen LogP contribution in [0.1, 0.15) is 25.8 Å². The van der Waals surface area contributed by atoms with Gasteiger partial charge in [-0.25, -0.2) is 4.39 Å². The molecule has 1 saturated heterocycles. The number of likely N-dealkylation sites (tertiary alicyclic amines) is 1. The van der Waals surface area contributed by atoms with Crippen LogP contribution in [0.4, 0.5) is 4.39 Å². The average Bonchev–Trinajstić information content (AvgIpc) is 2.73. The summed E-state index contributed by atoms with van der Waals surface area (Å²) in [5.74, 6) is -0.379. The Bertz CT molecular complexity index is 499. The van der Waals surface area contributed by atoms with Gasteiger partial charge in [-0.3, -0.25) is 9.59 Å². The molecule has 1 unspecified atom stereocenters. The quantitative estimate of drug-likeness (QED) is 0.907. The zero-order valence-corrected chi connectivity index (χ0v) is 11.7. The molecule has 4 nitrogen and oxygen atoms in total. The fraction of sp³-hybridized carbons (Fsp3) is 0.467. The molecule has 1 aliphatic rings. The first-order valence-electron chi connectivity index (χ1n) is 6.79. The van der Waals surface area contributed by atoms with Crippen molar-refractivity contribution in [3.05, 3.63) is 35.6 Å². The zero-order chi connectivity index (χ0) is 14.7. The highest BCUT2D eigenvalue weighted by Crippen LogP contribution is 2.14.